The van der Waals surface area contributed by atoms with Crippen LogP contribution in [0.4, 0.5) is 11.8 Å². The Kier molecular flexibility index (Phi) is 5.68. The lowest BCUT2D eigenvalue weighted by molar-refractivity contribution is -0.0315. The Bertz CT molecular complexity index is 898. The highest BCUT2D eigenvalue weighted by molar-refractivity contribution is 7.16. The van der Waals surface area contributed by atoms with E-state index >= 15 is 0 Å². The first-order valence-corrected chi connectivity index (χ1v) is 10.5. The number of ether oxygens (including phenoxy) is 2. The van der Waals surface area contributed by atoms with Gasteiger partial charge in [0.25, 0.3) is 0 Å². The third kappa shape index (κ3) is 3.55. The second-order valence-corrected chi connectivity index (χ2v) is 7.99. The molecule has 8 nitrogen and oxygen atoms in total. The van der Waals surface area contributed by atoms with E-state index in [9.17, 15) is 0 Å². The summed E-state index contributed by atoms with van der Waals surface area (Å²) in [6, 6.07) is 0.162. The molecule has 4 rings (SSSR count). The fourth-order valence-electron chi connectivity index (χ4n) is 3.94. The van der Waals surface area contributed by atoms with Crippen molar-refractivity contribution in [1.82, 2.24) is 15.0 Å². The molecular weight excluding hydrogens is 376 g/mol. The number of methoxy groups -OCH3 is 2. The van der Waals surface area contributed by atoms with E-state index in [-0.39, 0.29) is 24.2 Å². The Labute approximate surface area is 168 Å². The summed E-state index contributed by atoms with van der Waals surface area (Å²) in [6.07, 6.45) is 5.69. The Morgan fingerprint density at radius 1 is 1.32 bits per heavy atom. The van der Waals surface area contributed by atoms with Gasteiger partial charge in [0.15, 0.2) is 10.6 Å². The van der Waals surface area contributed by atoms with E-state index in [2.05, 4.69) is 21.8 Å². The number of nitrogens with zero attached hydrogens (tertiary/aromatic N) is 5. The molecule has 0 spiro atoms. The molecule has 3 heterocycles. The van der Waals surface area contributed by atoms with Crippen molar-refractivity contribution in [2.24, 2.45) is 16.6 Å². The largest absolute Gasteiger partial charge is 0.378 e. The number of hydrogen-bond donors (Lipinski definition) is 1. The molecule has 0 amide bonds. The van der Waals surface area contributed by atoms with Gasteiger partial charge in [0, 0.05) is 45.0 Å². The topological polar surface area (TPSA) is 98.8 Å². The fourth-order valence-corrected chi connectivity index (χ4v) is 4.59. The molecule has 0 radical (unpaired) electrons. The molecule has 1 fully saturated rings. The maximum atomic E-state index is 6.07. The van der Waals surface area contributed by atoms with Crippen LogP contribution in [-0.2, 0) is 9.47 Å². The van der Waals surface area contributed by atoms with Crippen LogP contribution in [0.25, 0.3) is 10.3 Å². The monoisotopic (exact) mass is 402 g/mol. The smallest absolute Gasteiger partial charge is 0.228 e. The second-order valence-electron chi connectivity index (χ2n) is 7.16. The molecule has 4 atom stereocenters. The van der Waals surface area contributed by atoms with Gasteiger partial charge < -0.3 is 20.1 Å². The third-order valence-electron chi connectivity index (χ3n) is 5.45. The Hall–Kier alpha value is -1.94. The molecule has 150 valence electrons. The normalized spacial score (nSPS) is 29.3. The van der Waals surface area contributed by atoms with Crippen LogP contribution in [-0.4, -0.2) is 66.2 Å². The molecular formula is C19H26N6O2S. The molecule has 2 aromatic heterocycles. The minimum Gasteiger partial charge on any atom is -0.378 e. The molecule has 9 heteroatoms. The van der Waals surface area contributed by atoms with Gasteiger partial charge in [-0.2, -0.15) is 9.97 Å². The minimum atomic E-state index is -0.0831. The maximum absolute atomic E-state index is 6.07. The van der Waals surface area contributed by atoms with Crippen LogP contribution in [0.15, 0.2) is 22.7 Å². The van der Waals surface area contributed by atoms with Crippen molar-refractivity contribution in [1.29, 1.82) is 0 Å². The molecule has 2 N–H and O–H groups in total. The summed E-state index contributed by atoms with van der Waals surface area (Å²) in [5.41, 5.74) is 9.52. The van der Waals surface area contributed by atoms with Gasteiger partial charge in [0.2, 0.25) is 5.95 Å². The van der Waals surface area contributed by atoms with Crippen molar-refractivity contribution in [2.45, 2.75) is 38.0 Å². The minimum absolute atomic E-state index is 0.0810. The van der Waals surface area contributed by atoms with Crippen LogP contribution in [0, 0.1) is 5.92 Å². The van der Waals surface area contributed by atoms with Crippen LogP contribution in [0.3, 0.4) is 0 Å². The Morgan fingerprint density at radius 2 is 2.18 bits per heavy atom. The zero-order valence-corrected chi connectivity index (χ0v) is 17.2. The summed E-state index contributed by atoms with van der Waals surface area (Å²) in [5.74, 6) is 1.40. The second kappa shape index (κ2) is 8.20. The van der Waals surface area contributed by atoms with Crippen LogP contribution >= 0.6 is 11.3 Å². The summed E-state index contributed by atoms with van der Waals surface area (Å²) in [6.45, 7) is 3.76. The first-order chi connectivity index (χ1) is 13.6. The van der Waals surface area contributed by atoms with E-state index in [0.29, 0.717) is 11.8 Å². The fraction of sp³-hybridized carbons (Fsp3) is 0.579. The van der Waals surface area contributed by atoms with Crippen LogP contribution in [0.1, 0.15) is 19.8 Å². The predicted molar refractivity (Wildman–Crippen MR) is 112 cm³/mol. The zero-order valence-electron chi connectivity index (χ0n) is 16.4. The summed E-state index contributed by atoms with van der Waals surface area (Å²) < 4.78 is 11.3. The lowest BCUT2D eigenvalue weighted by Gasteiger charge is -2.33. The lowest BCUT2D eigenvalue weighted by Crippen LogP contribution is -2.41. The van der Waals surface area contributed by atoms with Crippen LogP contribution < -0.4 is 10.6 Å². The van der Waals surface area contributed by atoms with Crippen molar-refractivity contribution < 1.29 is 9.47 Å². The van der Waals surface area contributed by atoms with Gasteiger partial charge in [-0.3, -0.25) is 0 Å². The van der Waals surface area contributed by atoms with Crippen LogP contribution in [0.2, 0.25) is 0 Å². The standard InChI is InChI=1S/C19H26N6O2S/c1-4-12-13(5-6-14(26-2)16(12)27-3)22-17-15-18(28-10-21-15)24-19(23-17)25-8-7-11(20)9-25/h5-6,10-12,14,16H,4,7-9,20H2,1-3H3. The number of aromatic nitrogens is 3. The van der Waals surface area contributed by atoms with Crippen molar-refractivity contribution in [3.63, 3.8) is 0 Å². The number of fused-ring (bicyclic) bond motifs is 1. The first-order valence-electron chi connectivity index (χ1n) is 9.58. The number of anilines is 1. The molecule has 0 bridgehead atoms. The van der Waals surface area contributed by atoms with E-state index in [1.54, 1.807) is 19.7 Å². The van der Waals surface area contributed by atoms with Gasteiger partial charge in [-0.1, -0.05) is 13.0 Å². The summed E-state index contributed by atoms with van der Waals surface area (Å²) in [5, 5.41) is 0. The molecule has 0 saturated carbocycles. The lowest BCUT2D eigenvalue weighted by atomic mass is 9.85. The predicted octanol–water partition coefficient (Wildman–Crippen LogP) is 2.32. The van der Waals surface area contributed by atoms with Gasteiger partial charge in [-0.05, 0) is 18.9 Å². The average molecular weight is 403 g/mol. The SMILES string of the molecule is CCC1C(=Nc2nc(N3CCC(N)C3)nc3scnc23)C=CC(OC)C1OC. The van der Waals surface area contributed by atoms with Gasteiger partial charge in [0.05, 0.1) is 11.6 Å². The molecule has 28 heavy (non-hydrogen) atoms. The molecule has 0 aromatic carbocycles. The van der Waals surface area contributed by atoms with Crippen molar-refractivity contribution >= 4 is 39.2 Å². The van der Waals surface area contributed by atoms with E-state index in [1.807, 2.05) is 12.2 Å². The van der Waals surface area contributed by atoms with E-state index < -0.39 is 0 Å². The summed E-state index contributed by atoms with van der Waals surface area (Å²) in [7, 11) is 3.42. The average Bonchev–Trinajstić information content (AvgIpc) is 3.36. The molecule has 2 aliphatic rings. The van der Waals surface area contributed by atoms with Gasteiger partial charge >= 0.3 is 0 Å². The maximum Gasteiger partial charge on any atom is 0.228 e. The third-order valence-corrected chi connectivity index (χ3v) is 6.17. The highest BCUT2D eigenvalue weighted by Crippen LogP contribution is 2.31. The summed E-state index contributed by atoms with van der Waals surface area (Å²) >= 11 is 1.50. The quantitative estimate of drug-likeness (QED) is 0.819. The number of thiazole rings is 1. The molecule has 4 unspecified atom stereocenters. The van der Waals surface area contributed by atoms with Crippen molar-refractivity contribution in [2.75, 3.05) is 32.2 Å². The number of nitrogens with two attached hydrogens (primary N) is 1. The number of hydrogen-bond acceptors (Lipinski definition) is 9. The molecule has 1 aliphatic heterocycles. The van der Waals surface area contributed by atoms with Crippen molar-refractivity contribution in [3.05, 3.63) is 17.7 Å². The molecule has 1 saturated heterocycles. The van der Waals surface area contributed by atoms with Crippen LogP contribution in [0.5, 0.6) is 0 Å². The van der Waals surface area contributed by atoms with E-state index in [1.165, 1.54) is 11.3 Å². The molecule has 2 aromatic rings. The number of rotatable bonds is 5. The first kappa shape index (κ1) is 19.4. The Balaban J connectivity index is 1.76. The van der Waals surface area contributed by atoms with Gasteiger partial charge in [0.1, 0.15) is 11.6 Å². The van der Waals surface area contributed by atoms with E-state index in [0.717, 1.165) is 42.0 Å². The number of allylic oxidation sites excluding steroid dienone is 1. The number of aliphatic imine (C=N–C) groups is 1. The van der Waals surface area contributed by atoms with Gasteiger partial charge in [-0.15, -0.1) is 11.3 Å². The Morgan fingerprint density at radius 3 is 2.86 bits per heavy atom. The molecule has 1 aliphatic carbocycles. The zero-order chi connectivity index (χ0) is 19.7. The van der Waals surface area contributed by atoms with Gasteiger partial charge in [-0.25, -0.2) is 9.98 Å². The highest BCUT2D eigenvalue weighted by Gasteiger charge is 2.34. The van der Waals surface area contributed by atoms with E-state index in [4.69, 9.17) is 25.2 Å². The van der Waals surface area contributed by atoms with Crippen molar-refractivity contribution in [3.8, 4) is 0 Å². The summed E-state index contributed by atoms with van der Waals surface area (Å²) in [4.78, 5) is 21.8. The highest BCUT2D eigenvalue weighted by atomic mass is 32.1.